The van der Waals surface area contributed by atoms with Gasteiger partial charge in [0.25, 0.3) is 5.91 Å². The minimum Gasteiger partial charge on any atom is -0.481 e. The first-order valence-corrected chi connectivity index (χ1v) is 6.89. The van der Waals surface area contributed by atoms with Crippen LogP contribution >= 0.6 is 15.9 Å². The third kappa shape index (κ3) is 4.67. The van der Waals surface area contributed by atoms with E-state index in [4.69, 9.17) is 5.11 Å². The Hall–Kier alpha value is -1.36. The highest BCUT2D eigenvalue weighted by Gasteiger charge is 2.21. The molecule has 0 aliphatic heterocycles. The molecule has 0 fully saturated rings. The molecule has 1 unspecified atom stereocenters. The molecule has 1 aromatic rings. The smallest absolute Gasteiger partial charge is 0.305 e. The van der Waals surface area contributed by atoms with Gasteiger partial charge < -0.3 is 10.4 Å². The first-order chi connectivity index (χ1) is 8.81. The Morgan fingerprint density at radius 3 is 2.53 bits per heavy atom. The molecule has 0 aromatic heterocycles. The van der Waals surface area contributed by atoms with Crippen molar-refractivity contribution in [2.24, 2.45) is 5.92 Å². The van der Waals surface area contributed by atoms with Gasteiger partial charge in [-0.25, -0.2) is 0 Å². The number of carboxylic acids is 1. The molecule has 0 aliphatic rings. The lowest BCUT2D eigenvalue weighted by Crippen LogP contribution is -2.40. The maximum atomic E-state index is 12.2. The summed E-state index contributed by atoms with van der Waals surface area (Å²) in [6.45, 7) is 5.68. The summed E-state index contributed by atoms with van der Waals surface area (Å²) in [6, 6.07) is 5.11. The zero-order valence-corrected chi connectivity index (χ0v) is 12.8. The first-order valence-electron chi connectivity index (χ1n) is 6.10. The predicted octanol–water partition coefficient (Wildman–Crippen LogP) is 2.99. The largest absolute Gasteiger partial charge is 0.481 e. The quantitative estimate of drug-likeness (QED) is 0.873. The van der Waals surface area contributed by atoms with Crippen LogP contribution in [0.25, 0.3) is 0 Å². The van der Waals surface area contributed by atoms with Gasteiger partial charge in [0.2, 0.25) is 0 Å². The van der Waals surface area contributed by atoms with Crippen LogP contribution in [-0.2, 0) is 4.79 Å². The molecule has 0 saturated heterocycles. The van der Waals surface area contributed by atoms with Gasteiger partial charge in [-0.05, 0) is 40.9 Å². The van der Waals surface area contributed by atoms with E-state index in [1.165, 1.54) is 0 Å². The van der Waals surface area contributed by atoms with Crippen LogP contribution in [0.3, 0.4) is 0 Å². The van der Waals surface area contributed by atoms with E-state index >= 15 is 0 Å². The van der Waals surface area contributed by atoms with Crippen molar-refractivity contribution < 1.29 is 14.7 Å². The molecule has 2 N–H and O–H groups in total. The van der Waals surface area contributed by atoms with Crippen LogP contribution in [-0.4, -0.2) is 23.0 Å². The molecular weight excluding hydrogens is 310 g/mol. The lowest BCUT2D eigenvalue weighted by molar-refractivity contribution is -0.137. The molecule has 1 atom stereocenters. The molecule has 0 saturated carbocycles. The van der Waals surface area contributed by atoms with Gasteiger partial charge in [0.15, 0.2) is 0 Å². The molecule has 19 heavy (non-hydrogen) atoms. The van der Waals surface area contributed by atoms with Crippen LogP contribution in [0.15, 0.2) is 22.7 Å². The van der Waals surface area contributed by atoms with Gasteiger partial charge in [0.05, 0.1) is 12.0 Å². The van der Waals surface area contributed by atoms with E-state index in [0.717, 1.165) is 5.56 Å². The molecule has 1 amide bonds. The number of aliphatic carboxylic acids is 1. The topological polar surface area (TPSA) is 66.4 Å². The van der Waals surface area contributed by atoms with E-state index in [9.17, 15) is 9.59 Å². The van der Waals surface area contributed by atoms with Crippen molar-refractivity contribution in [3.05, 3.63) is 33.8 Å². The second-order valence-corrected chi connectivity index (χ2v) is 5.76. The highest BCUT2D eigenvalue weighted by molar-refractivity contribution is 9.10. The van der Waals surface area contributed by atoms with E-state index in [2.05, 4.69) is 21.2 Å². The van der Waals surface area contributed by atoms with Crippen LogP contribution in [0, 0.1) is 12.8 Å². The summed E-state index contributed by atoms with van der Waals surface area (Å²) in [4.78, 5) is 23.0. The van der Waals surface area contributed by atoms with Crippen LogP contribution in [0.5, 0.6) is 0 Å². The van der Waals surface area contributed by atoms with Gasteiger partial charge in [0.1, 0.15) is 0 Å². The molecule has 0 bridgehead atoms. The van der Waals surface area contributed by atoms with Crippen molar-refractivity contribution in [3.8, 4) is 0 Å². The third-order valence-electron chi connectivity index (χ3n) is 2.88. The maximum Gasteiger partial charge on any atom is 0.305 e. The van der Waals surface area contributed by atoms with Gasteiger partial charge >= 0.3 is 5.97 Å². The third-order valence-corrected chi connectivity index (χ3v) is 3.57. The Morgan fingerprint density at radius 1 is 1.37 bits per heavy atom. The highest BCUT2D eigenvalue weighted by atomic mass is 79.9. The Balaban J connectivity index is 2.87. The predicted molar refractivity (Wildman–Crippen MR) is 77.2 cm³/mol. The fourth-order valence-corrected chi connectivity index (χ4v) is 2.13. The molecule has 0 aliphatic carbocycles. The van der Waals surface area contributed by atoms with Crippen LogP contribution in [0.1, 0.15) is 36.2 Å². The second-order valence-electron chi connectivity index (χ2n) is 4.91. The number of carboxylic acid groups (broad SMARTS) is 1. The van der Waals surface area contributed by atoms with Crippen molar-refractivity contribution in [2.75, 3.05) is 0 Å². The number of carbonyl (C=O) groups excluding carboxylic acids is 1. The summed E-state index contributed by atoms with van der Waals surface area (Å²) >= 11 is 3.33. The number of amides is 1. The first kappa shape index (κ1) is 15.7. The van der Waals surface area contributed by atoms with Crippen molar-refractivity contribution in [1.82, 2.24) is 5.32 Å². The van der Waals surface area contributed by atoms with E-state index in [1.54, 1.807) is 6.07 Å². The van der Waals surface area contributed by atoms with Crippen molar-refractivity contribution >= 4 is 27.8 Å². The Labute approximate surface area is 121 Å². The van der Waals surface area contributed by atoms with Crippen molar-refractivity contribution in [1.29, 1.82) is 0 Å². The zero-order valence-electron chi connectivity index (χ0n) is 11.2. The number of halogens is 1. The zero-order chi connectivity index (χ0) is 14.6. The lowest BCUT2D eigenvalue weighted by atomic mass is 10.0. The number of hydrogen-bond acceptors (Lipinski definition) is 2. The Bertz CT molecular complexity index is 486. The van der Waals surface area contributed by atoms with Gasteiger partial charge in [-0.3, -0.25) is 9.59 Å². The van der Waals surface area contributed by atoms with Gasteiger partial charge in [0, 0.05) is 10.5 Å². The summed E-state index contributed by atoms with van der Waals surface area (Å²) in [5, 5.41) is 11.6. The van der Waals surface area contributed by atoms with Crippen LogP contribution in [0.2, 0.25) is 0 Å². The Kier molecular flexibility index (Phi) is 5.54. The lowest BCUT2D eigenvalue weighted by Gasteiger charge is -2.21. The maximum absolute atomic E-state index is 12.2. The normalized spacial score (nSPS) is 12.3. The SMILES string of the molecule is Cc1ccc(Br)c(C(=O)NC(CC(=O)O)C(C)C)c1. The molecule has 104 valence electrons. The summed E-state index contributed by atoms with van der Waals surface area (Å²) in [7, 11) is 0. The molecule has 0 heterocycles. The fourth-order valence-electron chi connectivity index (χ4n) is 1.70. The summed E-state index contributed by atoms with van der Waals surface area (Å²) in [6.07, 6.45) is -0.0765. The highest BCUT2D eigenvalue weighted by Crippen LogP contribution is 2.19. The molecule has 0 radical (unpaired) electrons. The standard InChI is InChI=1S/C14H18BrNO3/c1-8(2)12(7-13(17)18)16-14(19)10-6-9(3)4-5-11(10)15/h4-6,8,12H,7H2,1-3H3,(H,16,19)(H,17,18). The van der Waals surface area contributed by atoms with Crippen LogP contribution in [0.4, 0.5) is 0 Å². The molecule has 5 heteroatoms. The van der Waals surface area contributed by atoms with E-state index in [-0.39, 0.29) is 24.3 Å². The number of rotatable bonds is 5. The molecule has 1 aromatic carbocycles. The minimum absolute atomic E-state index is 0.0589. The van der Waals surface area contributed by atoms with E-state index in [1.807, 2.05) is 32.9 Å². The van der Waals surface area contributed by atoms with E-state index < -0.39 is 5.97 Å². The van der Waals surface area contributed by atoms with Gasteiger partial charge in [-0.1, -0.05) is 25.5 Å². The van der Waals surface area contributed by atoms with Crippen molar-refractivity contribution in [2.45, 2.75) is 33.2 Å². The van der Waals surface area contributed by atoms with Crippen molar-refractivity contribution in [3.63, 3.8) is 0 Å². The summed E-state index contributed by atoms with van der Waals surface area (Å²) in [5.74, 6) is -1.11. The number of nitrogens with one attached hydrogen (secondary N) is 1. The number of benzene rings is 1. The van der Waals surface area contributed by atoms with E-state index in [0.29, 0.717) is 10.0 Å². The molecule has 4 nitrogen and oxygen atoms in total. The number of hydrogen-bond donors (Lipinski definition) is 2. The number of aryl methyl sites for hydroxylation is 1. The fraction of sp³-hybridized carbons (Fsp3) is 0.429. The monoisotopic (exact) mass is 327 g/mol. The summed E-state index contributed by atoms with van der Waals surface area (Å²) in [5.41, 5.74) is 1.50. The second kappa shape index (κ2) is 6.70. The molecule has 1 rings (SSSR count). The average molecular weight is 328 g/mol. The average Bonchev–Trinajstić information content (AvgIpc) is 2.30. The summed E-state index contributed by atoms with van der Waals surface area (Å²) < 4.78 is 0.702. The molecule has 0 spiro atoms. The minimum atomic E-state index is -0.915. The van der Waals surface area contributed by atoms with Gasteiger partial charge in [-0.15, -0.1) is 0 Å². The van der Waals surface area contributed by atoms with Crippen LogP contribution < -0.4 is 5.32 Å². The Morgan fingerprint density at radius 2 is 2.00 bits per heavy atom. The number of carbonyl (C=O) groups is 2. The van der Waals surface area contributed by atoms with Gasteiger partial charge in [-0.2, -0.15) is 0 Å². The molecular formula is C14H18BrNO3.